The Morgan fingerprint density at radius 3 is 2.52 bits per heavy atom. The number of benzene rings is 2. The summed E-state index contributed by atoms with van der Waals surface area (Å²) >= 11 is 0. The highest BCUT2D eigenvalue weighted by Crippen LogP contribution is 2.21. The number of rotatable bonds is 7. The molecule has 2 rings (SSSR count). The van der Waals surface area contributed by atoms with Crippen molar-refractivity contribution in [1.29, 1.82) is 0 Å². The first kappa shape index (κ1) is 18.7. The molecule has 7 heteroatoms. The van der Waals surface area contributed by atoms with E-state index >= 15 is 0 Å². The van der Waals surface area contributed by atoms with E-state index in [-0.39, 0.29) is 17.3 Å². The Morgan fingerprint density at radius 2 is 1.88 bits per heavy atom. The number of nitrogen functional groups attached to an aromatic ring is 1. The van der Waals surface area contributed by atoms with Gasteiger partial charge in [0.2, 0.25) is 0 Å². The number of hydrogen-bond acceptors (Lipinski definition) is 3. The molecule has 0 unspecified atom stereocenters. The van der Waals surface area contributed by atoms with E-state index in [0.717, 1.165) is 17.7 Å². The van der Waals surface area contributed by atoms with Crippen molar-refractivity contribution in [1.82, 2.24) is 4.90 Å². The lowest BCUT2D eigenvalue weighted by Gasteiger charge is -2.11. The van der Waals surface area contributed by atoms with Crippen LogP contribution in [0.15, 0.2) is 36.4 Å². The second-order valence-corrected chi connectivity index (χ2v) is 5.97. The highest BCUT2D eigenvalue weighted by Gasteiger charge is 2.10. The van der Waals surface area contributed by atoms with E-state index in [2.05, 4.69) is 5.32 Å². The van der Waals surface area contributed by atoms with Crippen LogP contribution >= 0.6 is 0 Å². The molecule has 2 aromatic carbocycles. The summed E-state index contributed by atoms with van der Waals surface area (Å²) in [6, 6.07) is 9.59. The van der Waals surface area contributed by atoms with Gasteiger partial charge < -0.3 is 21.3 Å². The molecule has 0 heterocycles. The average molecular weight is 349 g/mol. The molecule has 0 saturated heterocycles. The maximum Gasteiger partial charge on any atom is 0.253 e. The average Bonchev–Trinajstić information content (AvgIpc) is 2.56. The van der Waals surface area contributed by atoms with Gasteiger partial charge in [-0.05, 0) is 24.3 Å². The molecular weight excluding hydrogens is 326 g/mol. The number of amides is 1. The smallest absolute Gasteiger partial charge is 0.253 e. The van der Waals surface area contributed by atoms with Gasteiger partial charge in [0.25, 0.3) is 5.91 Å². The minimum absolute atomic E-state index is 0.0437. The van der Waals surface area contributed by atoms with Crippen molar-refractivity contribution < 1.29 is 18.9 Å². The van der Waals surface area contributed by atoms with Crippen LogP contribution in [0.5, 0.6) is 0 Å². The summed E-state index contributed by atoms with van der Waals surface area (Å²) in [7, 11) is 3.42. The van der Waals surface area contributed by atoms with Gasteiger partial charge in [-0.15, -0.1) is 0 Å². The zero-order chi connectivity index (χ0) is 18.4. The predicted octanol–water partition coefficient (Wildman–Crippen LogP) is 1.42. The Kier molecular flexibility index (Phi) is 6.30. The number of nitrogens with two attached hydrogens (primary N) is 2. The maximum absolute atomic E-state index is 13.6. The van der Waals surface area contributed by atoms with E-state index in [1.807, 2.05) is 23.5 Å². The lowest BCUT2D eigenvalue weighted by Crippen LogP contribution is -2.83. The van der Waals surface area contributed by atoms with Crippen molar-refractivity contribution in [2.45, 2.75) is 6.54 Å². The third-order valence-corrected chi connectivity index (χ3v) is 3.67. The first-order chi connectivity index (χ1) is 11.9. The van der Waals surface area contributed by atoms with E-state index in [9.17, 15) is 13.6 Å². The molecule has 0 fully saturated rings. The second-order valence-electron chi connectivity index (χ2n) is 5.97. The normalized spacial score (nSPS) is 10.6. The van der Waals surface area contributed by atoms with Gasteiger partial charge in [0, 0.05) is 30.9 Å². The summed E-state index contributed by atoms with van der Waals surface area (Å²) in [5.41, 5.74) is 6.92. The molecule has 0 aromatic heterocycles. The Hall–Kier alpha value is -2.67. The lowest BCUT2D eigenvalue weighted by atomic mass is 10.1. The SMILES string of the molecule is CN(C)C(=O)c1cccc(C[NH2+]CCNc2c(F)cc(N)cc2F)c1. The number of nitrogens with zero attached hydrogens (tertiary/aromatic N) is 1. The molecule has 134 valence electrons. The Labute approximate surface area is 145 Å². The Morgan fingerprint density at radius 1 is 1.20 bits per heavy atom. The molecule has 0 bridgehead atoms. The molecule has 0 atom stereocenters. The highest BCUT2D eigenvalue weighted by atomic mass is 19.1. The molecule has 1 amide bonds. The van der Waals surface area contributed by atoms with Gasteiger partial charge >= 0.3 is 0 Å². The van der Waals surface area contributed by atoms with Gasteiger partial charge in [-0.1, -0.05) is 12.1 Å². The van der Waals surface area contributed by atoms with Crippen LogP contribution < -0.4 is 16.4 Å². The summed E-state index contributed by atoms with van der Waals surface area (Å²) < 4.78 is 27.3. The minimum atomic E-state index is -0.701. The third-order valence-electron chi connectivity index (χ3n) is 3.67. The molecule has 0 aliphatic rings. The van der Waals surface area contributed by atoms with Gasteiger partial charge in [-0.25, -0.2) is 8.78 Å². The highest BCUT2D eigenvalue weighted by molar-refractivity contribution is 5.94. The van der Waals surface area contributed by atoms with Gasteiger partial charge in [-0.3, -0.25) is 4.79 Å². The summed E-state index contributed by atoms with van der Waals surface area (Å²) in [5.74, 6) is -1.45. The quantitative estimate of drug-likeness (QED) is 0.523. The van der Waals surface area contributed by atoms with Gasteiger partial charge in [0.05, 0.1) is 13.1 Å². The summed E-state index contributed by atoms with van der Waals surface area (Å²) in [6.07, 6.45) is 0. The molecule has 0 aliphatic carbocycles. The zero-order valence-corrected chi connectivity index (χ0v) is 14.4. The van der Waals surface area contributed by atoms with Crippen LogP contribution in [0.25, 0.3) is 0 Å². The van der Waals surface area contributed by atoms with Crippen LogP contribution in [0, 0.1) is 11.6 Å². The molecule has 0 aliphatic heterocycles. The summed E-state index contributed by atoms with van der Waals surface area (Å²) in [5, 5.41) is 4.74. The van der Waals surface area contributed by atoms with E-state index in [0.29, 0.717) is 25.2 Å². The van der Waals surface area contributed by atoms with Gasteiger partial charge in [-0.2, -0.15) is 0 Å². The first-order valence-electron chi connectivity index (χ1n) is 7.99. The standard InChI is InChI=1S/C18H22F2N4O/c1-24(2)18(25)13-5-3-4-12(8-13)11-22-6-7-23-17-15(19)9-14(21)10-16(17)20/h3-5,8-10,22-23H,6-7,11,21H2,1-2H3/p+1. The molecule has 5 nitrogen and oxygen atoms in total. The van der Waals surface area contributed by atoms with Crippen LogP contribution in [-0.4, -0.2) is 38.0 Å². The van der Waals surface area contributed by atoms with Crippen molar-refractivity contribution in [3.63, 3.8) is 0 Å². The monoisotopic (exact) mass is 349 g/mol. The molecular formula is C18H23F2N4O+. The van der Waals surface area contributed by atoms with E-state index < -0.39 is 11.6 Å². The number of anilines is 2. The number of hydrogen-bond donors (Lipinski definition) is 3. The van der Waals surface area contributed by atoms with Crippen LogP contribution in [0.2, 0.25) is 0 Å². The van der Waals surface area contributed by atoms with Crippen LogP contribution in [-0.2, 0) is 6.54 Å². The largest absolute Gasteiger partial charge is 0.399 e. The van der Waals surface area contributed by atoms with Crippen LogP contribution in [0.4, 0.5) is 20.2 Å². The van der Waals surface area contributed by atoms with E-state index in [4.69, 9.17) is 5.73 Å². The maximum atomic E-state index is 13.6. The molecule has 0 saturated carbocycles. The summed E-state index contributed by atoms with van der Waals surface area (Å²) in [6.45, 7) is 1.69. The van der Waals surface area contributed by atoms with Crippen molar-refractivity contribution in [2.75, 3.05) is 38.2 Å². The van der Waals surface area contributed by atoms with Crippen molar-refractivity contribution in [3.8, 4) is 0 Å². The summed E-state index contributed by atoms with van der Waals surface area (Å²) in [4.78, 5) is 13.5. The molecule has 5 N–H and O–H groups in total. The fraction of sp³-hybridized carbons (Fsp3) is 0.278. The Balaban J connectivity index is 1.82. The first-order valence-corrected chi connectivity index (χ1v) is 7.99. The van der Waals surface area contributed by atoms with Crippen molar-refractivity contribution in [3.05, 3.63) is 59.2 Å². The fourth-order valence-electron chi connectivity index (χ4n) is 2.42. The third kappa shape index (κ3) is 5.15. The number of nitrogens with one attached hydrogen (secondary N) is 1. The molecule has 2 aromatic rings. The number of quaternary nitrogens is 1. The predicted molar refractivity (Wildman–Crippen MR) is 94.2 cm³/mol. The molecule has 0 spiro atoms. The lowest BCUT2D eigenvalue weighted by molar-refractivity contribution is -0.668. The van der Waals surface area contributed by atoms with E-state index in [1.165, 1.54) is 4.90 Å². The number of carbonyl (C=O) groups is 1. The molecule has 0 radical (unpaired) electrons. The zero-order valence-electron chi connectivity index (χ0n) is 14.4. The van der Waals surface area contributed by atoms with Crippen molar-refractivity contribution >= 4 is 17.3 Å². The topological polar surface area (TPSA) is 75.0 Å². The molecule has 25 heavy (non-hydrogen) atoms. The Bertz CT molecular complexity index is 727. The van der Waals surface area contributed by atoms with Crippen molar-refractivity contribution in [2.24, 2.45) is 0 Å². The second kappa shape index (κ2) is 8.43. The van der Waals surface area contributed by atoms with E-state index in [1.54, 1.807) is 20.2 Å². The minimum Gasteiger partial charge on any atom is -0.399 e. The van der Waals surface area contributed by atoms with Gasteiger partial charge in [0.15, 0.2) is 11.6 Å². The van der Waals surface area contributed by atoms with Crippen LogP contribution in [0.3, 0.4) is 0 Å². The number of carbonyl (C=O) groups excluding carboxylic acids is 1. The number of halogens is 2. The van der Waals surface area contributed by atoms with Gasteiger partial charge in [0.1, 0.15) is 12.2 Å². The van der Waals surface area contributed by atoms with Crippen LogP contribution in [0.1, 0.15) is 15.9 Å². The fourth-order valence-corrected chi connectivity index (χ4v) is 2.42.